The molecule has 5 heteroatoms. The Kier molecular flexibility index (Phi) is 5.13. The number of aromatic amines is 1. The Balaban J connectivity index is 1.12. The standard InChI is InChI=1S/C38H42N4O/c1-3-22-19-40-15-13-25-24-9-5-7-11-30(24)39-35(25)32(40)17-26(22)28-21-42-31-12-8-6-10-29(31)38-14-16-41-20-23(4-2)27(18-33(38)41)34(36(28)43)37(38)42/h3-12,21,26-27,32-34,36-37,39,43H,13-20H2,1-2H3/b22-3-,23-4-/t26-,27-,32-,33-,34-,36+,37-,38+/m0/s1. The molecule has 0 amide bonds. The zero-order valence-corrected chi connectivity index (χ0v) is 25.3. The zero-order valence-electron chi connectivity index (χ0n) is 25.3. The third-order valence-electron chi connectivity index (χ3n) is 13.2. The van der Waals surface area contributed by atoms with Gasteiger partial charge in [0.15, 0.2) is 0 Å². The van der Waals surface area contributed by atoms with Crippen LogP contribution in [0.3, 0.4) is 0 Å². The molecule has 1 aromatic heterocycles. The fraction of sp³-hybridized carbons (Fsp3) is 0.474. The third-order valence-corrected chi connectivity index (χ3v) is 13.2. The van der Waals surface area contributed by atoms with Crippen LogP contribution in [-0.2, 0) is 11.8 Å². The number of allylic oxidation sites excluding steroid dienone is 2. The minimum absolute atomic E-state index is 0.120. The summed E-state index contributed by atoms with van der Waals surface area (Å²) >= 11 is 0. The minimum atomic E-state index is -0.419. The molecule has 7 aliphatic rings. The molecule has 1 aliphatic carbocycles. The number of aromatic nitrogens is 1. The van der Waals surface area contributed by atoms with Crippen LogP contribution in [0, 0.1) is 17.8 Å². The highest BCUT2D eigenvalue weighted by atomic mass is 16.3. The molecule has 220 valence electrons. The SMILES string of the molecule is C/C=C1/CN2CCc3c([nH]c4ccccc34)[C@@H]2C[C@@H]1C1=CN2c3ccccc3[C@]34CCN5C/C(=C/C)[C@H](C[C@H]53)[C@@H]([C@@H]1O)[C@H]24. The van der Waals surface area contributed by atoms with Crippen LogP contribution in [-0.4, -0.2) is 64.3 Å². The van der Waals surface area contributed by atoms with Crippen LogP contribution in [0.5, 0.6) is 0 Å². The Labute approximate surface area is 254 Å². The number of aliphatic hydroxyl groups is 1. The van der Waals surface area contributed by atoms with E-state index < -0.39 is 6.10 Å². The lowest BCUT2D eigenvalue weighted by atomic mass is 9.52. The molecule has 3 saturated heterocycles. The van der Waals surface area contributed by atoms with E-state index in [-0.39, 0.29) is 17.3 Å². The molecule has 2 aromatic carbocycles. The quantitative estimate of drug-likeness (QED) is 0.348. The van der Waals surface area contributed by atoms with E-state index in [0.717, 1.165) is 32.5 Å². The fourth-order valence-corrected chi connectivity index (χ4v) is 11.5. The van der Waals surface area contributed by atoms with E-state index in [1.807, 2.05) is 0 Å². The molecular weight excluding hydrogens is 528 g/mol. The summed E-state index contributed by atoms with van der Waals surface area (Å²) in [6, 6.07) is 19.4. The molecular formula is C38H42N4O. The van der Waals surface area contributed by atoms with Gasteiger partial charge in [-0.25, -0.2) is 0 Å². The maximum absolute atomic E-state index is 12.7. The first kappa shape index (κ1) is 25.2. The number of para-hydroxylation sites is 2. The van der Waals surface area contributed by atoms with Gasteiger partial charge in [0.05, 0.1) is 18.2 Å². The summed E-state index contributed by atoms with van der Waals surface area (Å²) in [5.41, 5.74) is 11.6. The molecule has 0 radical (unpaired) electrons. The Morgan fingerprint density at radius 3 is 2.63 bits per heavy atom. The third kappa shape index (κ3) is 3.04. The van der Waals surface area contributed by atoms with Crippen LogP contribution in [0.1, 0.15) is 56.0 Å². The first-order valence-electron chi connectivity index (χ1n) is 16.8. The van der Waals surface area contributed by atoms with Crippen molar-refractivity contribution < 1.29 is 5.11 Å². The van der Waals surface area contributed by atoms with Gasteiger partial charge >= 0.3 is 0 Å². The van der Waals surface area contributed by atoms with E-state index in [9.17, 15) is 5.11 Å². The van der Waals surface area contributed by atoms with Gasteiger partial charge in [0.1, 0.15) is 0 Å². The summed E-state index contributed by atoms with van der Waals surface area (Å²) in [7, 11) is 0. The number of hydrogen-bond donors (Lipinski definition) is 2. The second-order valence-electron chi connectivity index (χ2n) is 14.5. The summed E-state index contributed by atoms with van der Waals surface area (Å²) in [4.78, 5) is 12.0. The number of benzene rings is 2. The number of nitrogens with one attached hydrogen (secondary N) is 1. The number of fused-ring (bicyclic) bond motifs is 9. The number of H-pyrrole nitrogens is 1. The molecule has 6 aliphatic heterocycles. The van der Waals surface area contributed by atoms with Gasteiger partial charge in [0.25, 0.3) is 0 Å². The van der Waals surface area contributed by atoms with Crippen LogP contribution in [0.15, 0.2) is 83.6 Å². The van der Waals surface area contributed by atoms with Gasteiger partial charge < -0.3 is 15.0 Å². The summed E-state index contributed by atoms with van der Waals surface area (Å²) in [6.45, 7) is 8.78. The maximum Gasteiger partial charge on any atom is 0.0827 e. The van der Waals surface area contributed by atoms with E-state index >= 15 is 0 Å². The highest BCUT2D eigenvalue weighted by Crippen LogP contribution is 2.66. The van der Waals surface area contributed by atoms with Crippen LogP contribution in [0.25, 0.3) is 10.9 Å². The summed E-state index contributed by atoms with van der Waals surface area (Å²) in [6.07, 6.45) is 11.3. The number of rotatable bonds is 1. The first-order chi connectivity index (χ1) is 21.1. The van der Waals surface area contributed by atoms with Crippen molar-refractivity contribution >= 4 is 16.6 Å². The molecule has 5 nitrogen and oxygen atoms in total. The smallest absolute Gasteiger partial charge is 0.0827 e. The van der Waals surface area contributed by atoms with Crippen molar-refractivity contribution in [1.29, 1.82) is 0 Å². The van der Waals surface area contributed by atoms with Crippen molar-refractivity contribution in [3.05, 3.63) is 100 Å². The fourth-order valence-electron chi connectivity index (χ4n) is 11.5. The topological polar surface area (TPSA) is 45.7 Å². The lowest BCUT2D eigenvalue weighted by molar-refractivity contribution is -0.0147. The molecule has 1 saturated carbocycles. The van der Waals surface area contributed by atoms with Crippen molar-refractivity contribution in [2.75, 3.05) is 31.1 Å². The van der Waals surface area contributed by atoms with Gasteiger partial charge in [-0.1, -0.05) is 59.7 Å². The number of nitrogens with zero attached hydrogens (tertiary/aromatic N) is 3. The Hall–Kier alpha value is -3.12. The first-order valence-corrected chi connectivity index (χ1v) is 16.8. The lowest BCUT2D eigenvalue weighted by Crippen LogP contribution is -2.67. The largest absolute Gasteiger partial charge is 0.388 e. The molecule has 4 fully saturated rings. The summed E-state index contributed by atoms with van der Waals surface area (Å²) < 4.78 is 0. The predicted octanol–water partition coefficient (Wildman–Crippen LogP) is 6.09. The van der Waals surface area contributed by atoms with Crippen molar-refractivity contribution in [2.24, 2.45) is 17.8 Å². The Morgan fingerprint density at radius 2 is 1.74 bits per heavy atom. The lowest BCUT2D eigenvalue weighted by Gasteiger charge is -2.59. The Bertz CT molecular complexity index is 1760. The highest BCUT2D eigenvalue weighted by molar-refractivity contribution is 5.85. The monoisotopic (exact) mass is 570 g/mol. The average molecular weight is 571 g/mol. The summed E-state index contributed by atoms with van der Waals surface area (Å²) in [5, 5.41) is 14.1. The van der Waals surface area contributed by atoms with Gasteiger partial charge in [0.2, 0.25) is 0 Å². The molecule has 43 heavy (non-hydrogen) atoms. The molecule has 2 N–H and O–H groups in total. The van der Waals surface area contributed by atoms with E-state index in [4.69, 9.17) is 0 Å². The van der Waals surface area contributed by atoms with E-state index in [1.165, 1.54) is 58.4 Å². The number of aliphatic hydroxyl groups excluding tert-OH is 1. The van der Waals surface area contributed by atoms with Crippen LogP contribution in [0.2, 0.25) is 0 Å². The molecule has 7 heterocycles. The predicted molar refractivity (Wildman–Crippen MR) is 172 cm³/mol. The second-order valence-corrected chi connectivity index (χ2v) is 14.5. The van der Waals surface area contributed by atoms with Gasteiger partial charge in [-0.3, -0.25) is 9.80 Å². The second kappa shape index (κ2) is 8.74. The van der Waals surface area contributed by atoms with Crippen molar-refractivity contribution in [2.45, 2.75) is 69.2 Å². The maximum atomic E-state index is 12.7. The number of anilines is 1. The Morgan fingerprint density at radius 1 is 0.930 bits per heavy atom. The van der Waals surface area contributed by atoms with Crippen LogP contribution >= 0.6 is 0 Å². The van der Waals surface area contributed by atoms with Crippen LogP contribution in [0.4, 0.5) is 5.69 Å². The van der Waals surface area contributed by atoms with E-state index in [1.54, 1.807) is 11.1 Å². The van der Waals surface area contributed by atoms with Crippen molar-refractivity contribution in [1.82, 2.24) is 14.8 Å². The number of hydrogen-bond acceptors (Lipinski definition) is 4. The molecule has 0 unspecified atom stereocenters. The minimum Gasteiger partial charge on any atom is -0.388 e. The summed E-state index contributed by atoms with van der Waals surface area (Å²) in [5.74, 6) is 0.919. The van der Waals surface area contributed by atoms with Gasteiger partial charge in [-0.05, 0) is 80.8 Å². The molecule has 3 aromatic rings. The average Bonchev–Trinajstić information content (AvgIpc) is 3.72. The zero-order chi connectivity index (χ0) is 28.6. The van der Waals surface area contributed by atoms with Gasteiger partial charge in [0, 0.05) is 71.4 Å². The van der Waals surface area contributed by atoms with Gasteiger partial charge in [-0.15, -0.1) is 0 Å². The molecule has 2 bridgehead atoms. The normalized spacial score (nSPS) is 39.6. The van der Waals surface area contributed by atoms with E-state index in [0.29, 0.717) is 24.0 Å². The molecule has 10 rings (SSSR count). The number of piperidine rings is 2. The van der Waals surface area contributed by atoms with Gasteiger partial charge in [-0.2, -0.15) is 0 Å². The van der Waals surface area contributed by atoms with Crippen molar-refractivity contribution in [3.8, 4) is 0 Å². The molecule has 1 spiro atoms. The highest BCUT2D eigenvalue weighted by Gasteiger charge is 2.69. The van der Waals surface area contributed by atoms with Crippen molar-refractivity contribution in [3.63, 3.8) is 0 Å². The molecule has 8 atom stereocenters. The van der Waals surface area contributed by atoms with E-state index in [2.05, 4.69) is 100 Å². The van der Waals surface area contributed by atoms with Crippen LogP contribution < -0.4 is 4.90 Å².